The van der Waals surface area contributed by atoms with E-state index in [1.807, 2.05) is 0 Å². The summed E-state index contributed by atoms with van der Waals surface area (Å²) in [5, 5.41) is 16.1. The fourth-order valence-electron chi connectivity index (χ4n) is 2.99. The van der Waals surface area contributed by atoms with E-state index in [0.717, 1.165) is 4.68 Å². The molecule has 0 saturated heterocycles. The van der Waals surface area contributed by atoms with E-state index in [4.69, 9.17) is 9.47 Å². The van der Waals surface area contributed by atoms with Gasteiger partial charge in [-0.05, 0) is 29.8 Å². The number of carbonyl (C=O) groups is 2. The zero-order valence-corrected chi connectivity index (χ0v) is 16.9. The maximum atomic E-state index is 12.5. The SMILES string of the molecule is COc1ccc(-c2ccc(=O)n(CC(=O)NC(C(=O)O)c3ccccc3)n2)cc1OC. The van der Waals surface area contributed by atoms with Gasteiger partial charge in [0.05, 0.1) is 19.9 Å². The molecule has 3 aromatic rings. The van der Waals surface area contributed by atoms with Gasteiger partial charge in [-0.2, -0.15) is 5.10 Å². The molecule has 3 rings (SSSR count). The van der Waals surface area contributed by atoms with Gasteiger partial charge >= 0.3 is 5.97 Å². The first kappa shape index (κ1) is 21.6. The smallest absolute Gasteiger partial charge is 0.330 e. The number of hydrogen-bond acceptors (Lipinski definition) is 6. The number of carbonyl (C=O) groups excluding carboxylic acids is 1. The predicted octanol–water partition coefficient (Wildman–Crippen LogP) is 1.87. The monoisotopic (exact) mass is 423 g/mol. The number of aromatic nitrogens is 2. The van der Waals surface area contributed by atoms with Crippen LogP contribution in [0.5, 0.6) is 11.5 Å². The fourth-order valence-corrected chi connectivity index (χ4v) is 2.99. The van der Waals surface area contributed by atoms with Gasteiger partial charge in [0.25, 0.3) is 5.56 Å². The van der Waals surface area contributed by atoms with Crippen molar-refractivity contribution < 1.29 is 24.2 Å². The molecule has 0 radical (unpaired) electrons. The molecular weight excluding hydrogens is 402 g/mol. The van der Waals surface area contributed by atoms with Gasteiger partial charge in [-0.25, -0.2) is 9.48 Å². The Morgan fingerprint density at radius 1 is 1.03 bits per heavy atom. The third kappa shape index (κ3) is 5.08. The molecule has 2 aromatic carbocycles. The van der Waals surface area contributed by atoms with Crippen LogP contribution in [0.25, 0.3) is 11.3 Å². The van der Waals surface area contributed by atoms with Crippen molar-refractivity contribution in [2.24, 2.45) is 0 Å². The highest BCUT2D eigenvalue weighted by molar-refractivity contribution is 5.84. The molecule has 1 amide bonds. The van der Waals surface area contributed by atoms with Crippen LogP contribution in [0.4, 0.5) is 0 Å². The Balaban J connectivity index is 1.83. The van der Waals surface area contributed by atoms with E-state index < -0.39 is 30.0 Å². The number of ether oxygens (including phenoxy) is 2. The number of hydrogen-bond donors (Lipinski definition) is 2. The van der Waals surface area contributed by atoms with Gasteiger partial charge in [0.2, 0.25) is 5.91 Å². The van der Waals surface area contributed by atoms with Gasteiger partial charge in [0.15, 0.2) is 17.5 Å². The predicted molar refractivity (Wildman–Crippen MR) is 112 cm³/mol. The minimum absolute atomic E-state index is 0.419. The van der Waals surface area contributed by atoms with Crippen LogP contribution in [-0.2, 0) is 16.1 Å². The highest BCUT2D eigenvalue weighted by atomic mass is 16.5. The van der Waals surface area contributed by atoms with E-state index in [2.05, 4.69) is 10.4 Å². The molecule has 160 valence electrons. The molecule has 9 nitrogen and oxygen atoms in total. The van der Waals surface area contributed by atoms with Crippen LogP contribution >= 0.6 is 0 Å². The standard InChI is InChI=1S/C22H21N3O6/c1-30-17-10-8-15(12-18(17)31-2)16-9-11-20(27)25(24-16)13-19(26)23-21(22(28)29)14-6-4-3-5-7-14/h3-12,21H,13H2,1-2H3,(H,23,26)(H,28,29). The molecule has 0 spiro atoms. The molecule has 2 N–H and O–H groups in total. The minimum Gasteiger partial charge on any atom is -0.493 e. The van der Waals surface area contributed by atoms with E-state index in [9.17, 15) is 19.5 Å². The zero-order valence-electron chi connectivity index (χ0n) is 16.9. The number of aliphatic carboxylic acids is 1. The van der Waals surface area contributed by atoms with E-state index in [1.54, 1.807) is 48.5 Å². The number of nitrogens with zero attached hydrogens (tertiary/aromatic N) is 2. The Morgan fingerprint density at radius 2 is 1.74 bits per heavy atom. The number of nitrogens with one attached hydrogen (secondary N) is 1. The second-order valence-corrected chi connectivity index (χ2v) is 6.53. The summed E-state index contributed by atoms with van der Waals surface area (Å²) in [5.74, 6) is -0.835. The largest absolute Gasteiger partial charge is 0.493 e. The van der Waals surface area contributed by atoms with Crippen molar-refractivity contribution in [3.63, 3.8) is 0 Å². The second kappa shape index (κ2) is 9.57. The summed E-state index contributed by atoms with van der Waals surface area (Å²) in [6.07, 6.45) is 0. The van der Waals surface area contributed by atoms with Crippen molar-refractivity contribution in [2.75, 3.05) is 14.2 Å². The summed E-state index contributed by atoms with van der Waals surface area (Å²) in [6.45, 7) is -0.434. The molecule has 0 bridgehead atoms. The first-order valence-electron chi connectivity index (χ1n) is 9.30. The first-order chi connectivity index (χ1) is 14.9. The average molecular weight is 423 g/mol. The zero-order chi connectivity index (χ0) is 22.4. The quantitative estimate of drug-likeness (QED) is 0.568. The average Bonchev–Trinajstić information content (AvgIpc) is 2.78. The lowest BCUT2D eigenvalue weighted by Gasteiger charge is -2.15. The Kier molecular flexibility index (Phi) is 6.66. The van der Waals surface area contributed by atoms with E-state index in [-0.39, 0.29) is 0 Å². The third-order valence-corrected chi connectivity index (χ3v) is 4.52. The van der Waals surface area contributed by atoms with Crippen molar-refractivity contribution >= 4 is 11.9 Å². The van der Waals surface area contributed by atoms with Crippen molar-refractivity contribution in [1.82, 2.24) is 15.1 Å². The van der Waals surface area contributed by atoms with Crippen LogP contribution in [0, 0.1) is 0 Å². The molecule has 0 saturated carbocycles. The molecule has 1 heterocycles. The van der Waals surface area contributed by atoms with Gasteiger partial charge in [-0.3, -0.25) is 9.59 Å². The lowest BCUT2D eigenvalue weighted by Crippen LogP contribution is -2.38. The summed E-state index contributed by atoms with van der Waals surface area (Å²) in [7, 11) is 3.03. The Bertz CT molecular complexity index is 1140. The van der Waals surface area contributed by atoms with Crippen molar-refractivity contribution in [3.05, 3.63) is 76.6 Å². The lowest BCUT2D eigenvalue weighted by atomic mass is 10.1. The number of amides is 1. The maximum Gasteiger partial charge on any atom is 0.330 e. The van der Waals surface area contributed by atoms with Crippen LogP contribution < -0.4 is 20.3 Å². The fraction of sp³-hybridized carbons (Fsp3) is 0.182. The first-order valence-corrected chi connectivity index (χ1v) is 9.30. The van der Waals surface area contributed by atoms with E-state index >= 15 is 0 Å². The summed E-state index contributed by atoms with van der Waals surface area (Å²) in [4.78, 5) is 36.3. The molecular formula is C22H21N3O6. The number of carboxylic acids is 1. The molecule has 0 aliphatic rings. The van der Waals surface area contributed by atoms with Crippen LogP contribution in [-0.4, -0.2) is 41.0 Å². The van der Waals surface area contributed by atoms with E-state index in [1.165, 1.54) is 26.4 Å². The molecule has 1 atom stereocenters. The summed E-state index contributed by atoms with van der Waals surface area (Å²) >= 11 is 0. The number of methoxy groups -OCH3 is 2. The topological polar surface area (TPSA) is 120 Å². The number of carboxylic acid groups (broad SMARTS) is 1. The van der Waals surface area contributed by atoms with E-state index in [0.29, 0.717) is 28.3 Å². The Morgan fingerprint density at radius 3 is 2.39 bits per heavy atom. The van der Waals surface area contributed by atoms with Gasteiger partial charge in [0.1, 0.15) is 6.54 Å². The molecule has 0 aliphatic heterocycles. The van der Waals surface area contributed by atoms with Crippen LogP contribution in [0.3, 0.4) is 0 Å². The minimum atomic E-state index is -1.24. The molecule has 1 unspecified atom stereocenters. The molecule has 1 aromatic heterocycles. The van der Waals surface area contributed by atoms with Gasteiger partial charge in [-0.15, -0.1) is 0 Å². The van der Waals surface area contributed by atoms with Crippen LogP contribution in [0.15, 0.2) is 65.5 Å². The second-order valence-electron chi connectivity index (χ2n) is 6.53. The Labute approximate surface area is 177 Å². The molecule has 0 aliphatic carbocycles. The van der Waals surface area contributed by atoms with Gasteiger partial charge in [-0.1, -0.05) is 30.3 Å². The van der Waals surface area contributed by atoms with Crippen molar-refractivity contribution in [1.29, 1.82) is 0 Å². The third-order valence-electron chi connectivity index (χ3n) is 4.52. The highest BCUT2D eigenvalue weighted by Crippen LogP contribution is 2.31. The normalized spacial score (nSPS) is 11.4. The van der Waals surface area contributed by atoms with Crippen molar-refractivity contribution in [2.45, 2.75) is 12.6 Å². The van der Waals surface area contributed by atoms with Gasteiger partial charge in [0, 0.05) is 11.6 Å². The van der Waals surface area contributed by atoms with Crippen LogP contribution in [0.2, 0.25) is 0 Å². The maximum absolute atomic E-state index is 12.5. The van der Waals surface area contributed by atoms with Gasteiger partial charge < -0.3 is 19.9 Å². The summed E-state index contributed by atoms with van der Waals surface area (Å²) < 4.78 is 11.5. The molecule has 31 heavy (non-hydrogen) atoms. The summed E-state index contributed by atoms with van der Waals surface area (Å²) in [5.41, 5.74) is 1.01. The number of rotatable bonds is 8. The van der Waals surface area contributed by atoms with Crippen molar-refractivity contribution in [3.8, 4) is 22.8 Å². The number of benzene rings is 2. The molecule has 0 fully saturated rings. The Hall–Kier alpha value is -4.14. The van der Waals surface area contributed by atoms with Crippen LogP contribution in [0.1, 0.15) is 11.6 Å². The molecule has 9 heteroatoms. The summed E-state index contributed by atoms with van der Waals surface area (Å²) in [6, 6.07) is 15.0. The lowest BCUT2D eigenvalue weighted by molar-refractivity contribution is -0.142. The highest BCUT2D eigenvalue weighted by Gasteiger charge is 2.22.